The molecule has 0 bridgehead atoms. The Balaban J connectivity index is 2.17. The highest BCUT2D eigenvalue weighted by atomic mass is 35.5. The van der Waals surface area contributed by atoms with Crippen LogP contribution in [0.5, 0.6) is 5.75 Å². The summed E-state index contributed by atoms with van der Waals surface area (Å²) in [5, 5.41) is 14.9. The number of para-hydroxylation sites is 1. The molecular weight excluding hydrogens is 337 g/mol. The molecule has 0 atom stereocenters. The normalized spacial score (nSPS) is 10.8. The van der Waals surface area contributed by atoms with Gasteiger partial charge in [-0.1, -0.05) is 40.5 Å². The van der Waals surface area contributed by atoms with E-state index in [1.807, 2.05) is 24.3 Å². The van der Waals surface area contributed by atoms with Gasteiger partial charge in [-0.15, -0.1) is 0 Å². The number of ether oxygens (including phenoxy) is 1. The highest BCUT2D eigenvalue weighted by Crippen LogP contribution is 2.39. The van der Waals surface area contributed by atoms with Crippen LogP contribution in [-0.4, -0.2) is 17.4 Å². The van der Waals surface area contributed by atoms with Gasteiger partial charge in [-0.05, 0) is 30.3 Å². The second-order valence-electron chi connectivity index (χ2n) is 4.82. The topological polar surface area (TPSA) is 55.5 Å². The molecule has 23 heavy (non-hydrogen) atoms. The number of hydrogen-bond donors (Lipinski definition) is 1. The standard InChI is InChI=1S/C17H13Cl2NO3/c1-22-15-5-3-2-4-12(15)16-13(9-21)17(23-20-16)11-7-6-10(18)8-14(11)19/h2-8,21H,9H2,1H3. The van der Waals surface area contributed by atoms with Crippen LogP contribution in [0.4, 0.5) is 0 Å². The van der Waals surface area contributed by atoms with E-state index >= 15 is 0 Å². The van der Waals surface area contributed by atoms with Gasteiger partial charge in [0.25, 0.3) is 0 Å². The molecule has 0 fully saturated rings. The number of hydrogen-bond acceptors (Lipinski definition) is 4. The van der Waals surface area contributed by atoms with E-state index in [9.17, 15) is 5.11 Å². The molecular formula is C17H13Cl2NO3. The summed E-state index contributed by atoms with van der Waals surface area (Å²) in [5.74, 6) is 1.05. The molecule has 0 radical (unpaired) electrons. The van der Waals surface area contributed by atoms with Crippen molar-refractivity contribution in [2.24, 2.45) is 0 Å². The maximum atomic E-state index is 9.81. The molecule has 0 saturated carbocycles. The number of aliphatic hydroxyl groups excluding tert-OH is 1. The number of rotatable bonds is 4. The number of benzene rings is 2. The minimum absolute atomic E-state index is 0.245. The molecule has 0 amide bonds. The summed E-state index contributed by atoms with van der Waals surface area (Å²) in [6.07, 6.45) is 0. The van der Waals surface area contributed by atoms with Crippen LogP contribution in [0.25, 0.3) is 22.6 Å². The van der Waals surface area contributed by atoms with Crippen LogP contribution >= 0.6 is 23.2 Å². The number of methoxy groups -OCH3 is 1. The first-order valence-electron chi connectivity index (χ1n) is 6.84. The third-order valence-electron chi connectivity index (χ3n) is 3.48. The van der Waals surface area contributed by atoms with E-state index < -0.39 is 0 Å². The minimum Gasteiger partial charge on any atom is -0.496 e. The number of aliphatic hydroxyl groups is 1. The quantitative estimate of drug-likeness (QED) is 0.733. The molecule has 0 saturated heterocycles. The van der Waals surface area contributed by atoms with E-state index in [-0.39, 0.29) is 6.61 Å². The van der Waals surface area contributed by atoms with Gasteiger partial charge in [0.15, 0.2) is 5.76 Å². The van der Waals surface area contributed by atoms with Crippen LogP contribution in [-0.2, 0) is 6.61 Å². The third kappa shape index (κ3) is 2.93. The lowest BCUT2D eigenvalue weighted by Gasteiger charge is -2.07. The number of halogens is 2. The summed E-state index contributed by atoms with van der Waals surface area (Å²) in [6, 6.07) is 12.4. The fourth-order valence-electron chi connectivity index (χ4n) is 2.39. The monoisotopic (exact) mass is 349 g/mol. The van der Waals surface area contributed by atoms with Crippen LogP contribution in [0.15, 0.2) is 47.0 Å². The van der Waals surface area contributed by atoms with Crippen molar-refractivity contribution in [3.05, 3.63) is 58.1 Å². The van der Waals surface area contributed by atoms with Crippen LogP contribution in [0.2, 0.25) is 10.0 Å². The molecule has 1 aromatic heterocycles. The van der Waals surface area contributed by atoms with Crippen LogP contribution in [0.3, 0.4) is 0 Å². The van der Waals surface area contributed by atoms with Crippen molar-refractivity contribution in [2.45, 2.75) is 6.61 Å². The van der Waals surface area contributed by atoms with E-state index in [4.69, 9.17) is 32.5 Å². The Morgan fingerprint density at radius 2 is 1.91 bits per heavy atom. The Kier molecular flexibility index (Phi) is 4.57. The summed E-state index contributed by atoms with van der Waals surface area (Å²) in [6.45, 7) is -0.245. The van der Waals surface area contributed by atoms with E-state index in [1.165, 1.54) is 0 Å². The summed E-state index contributed by atoms with van der Waals surface area (Å²) in [7, 11) is 1.58. The Morgan fingerprint density at radius 1 is 1.13 bits per heavy atom. The van der Waals surface area contributed by atoms with Gasteiger partial charge in [0, 0.05) is 16.1 Å². The lowest BCUT2D eigenvalue weighted by atomic mass is 10.0. The number of aromatic nitrogens is 1. The molecule has 0 aliphatic rings. The molecule has 2 aromatic carbocycles. The van der Waals surface area contributed by atoms with E-state index in [0.29, 0.717) is 38.4 Å². The van der Waals surface area contributed by atoms with E-state index in [2.05, 4.69) is 5.16 Å². The zero-order chi connectivity index (χ0) is 16.4. The highest BCUT2D eigenvalue weighted by Gasteiger charge is 2.22. The first kappa shape index (κ1) is 15.9. The minimum atomic E-state index is -0.245. The van der Waals surface area contributed by atoms with Gasteiger partial charge in [0.1, 0.15) is 11.4 Å². The van der Waals surface area contributed by atoms with Crippen molar-refractivity contribution < 1.29 is 14.4 Å². The Morgan fingerprint density at radius 3 is 2.61 bits per heavy atom. The smallest absolute Gasteiger partial charge is 0.174 e. The molecule has 3 rings (SSSR count). The van der Waals surface area contributed by atoms with Crippen molar-refractivity contribution in [2.75, 3.05) is 7.11 Å². The SMILES string of the molecule is COc1ccccc1-c1noc(-c2ccc(Cl)cc2Cl)c1CO. The molecule has 1 heterocycles. The average Bonchev–Trinajstić information content (AvgIpc) is 2.98. The van der Waals surface area contributed by atoms with Crippen molar-refractivity contribution in [3.63, 3.8) is 0 Å². The lowest BCUT2D eigenvalue weighted by molar-refractivity contribution is 0.281. The fourth-order valence-corrected chi connectivity index (χ4v) is 2.89. The first-order valence-corrected chi connectivity index (χ1v) is 7.59. The predicted octanol–water partition coefficient (Wildman–Crippen LogP) is 4.82. The molecule has 4 nitrogen and oxygen atoms in total. The van der Waals surface area contributed by atoms with E-state index in [0.717, 1.165) is 5.56 Å². The fraction of sp³-hybridized carbons (Fsp3) is 0.118. The molecule has 0 aliphatic carbocycles. The van der Waals surface area contributed by atoms with Crippen molar-refractivity contribution in [1.82, 2.24) is 5.16 Å². The average molecular weight is 350 g/mol. The van der Waals surface area contributed by atoms with E-state index in [1.54, 1.807) is 25.3 Å². The Hall–Kier alpha value is -2.01. The zero-order valence-corrected chi connectivity index (χ0v) is 13.7. The second kappa shape index (κ2) is 6.62. The van der Waals surface area contributed by atoms with Crippen molar-refractivity contribution in [1.29, 1.82) is 0 Å². The van der Waals surface area contributed by atoms with Gasteiger partial charge in [0.05, 0.1) is 24.3 Å². The van der Waals surface area contributed by atoms with Crippen LogP contribution < -0.4 is 4.74 Å². The molecule has 0 aliphatic heterocycles. The van der Waals surface area contributed by atoms with Gasteiger partial charge in [-0.25, -0.2) is 0 Å². The molecule has 0 spiro atoms. The first-order chi connectivity index (χ1) is 11.2. The maximum Gasteiger partial charge on any atom is 0.174 e. The number of nitrogens with zero attached hydrogens (tertiary/aromatic N) is 1. The van der Waals surface area contributed by atoms with Crippen molar-refractivity contribution >= 4 is 23.2 Å². The lowest BCUT2D eigenvalue weighted by Crippen LogP contribution is -1.92. The highest BCUT2D eigenvalue weighted by molar-refractivity contribution is 6.36. The Labute approximate surface area is 143 Å². The van der Waals surface area contributed by atoms with Crippen LogP contribution in [0, 0.1) is 0 Å². The van der Waals surface area contributed by atoms with Gasteiger partial charge < -0.3 is 14.4 Å². The van der Waals surface area contributed by atoms with Crippen LogP contribution in [0.1, 0.15) is 5.56 Å². The second-order valence-corrected chi connectivity index (χ2v) is 5.67. The maximum absolute atomic E-state index is 9.81. The Bertz CT molecular complexity index is 846. The summed E-state index contributed by atoms with van der Waals surface area (Å²) in [5.41, 5.74) is 2.41. The molecule has 0 unspecified atom stereocenters. The summed E-state index contributed by atoms with van der Waals surface area (Å²) < 4.78 is 10.8. The predicted molar refractivity (Wildman–Crippen MR) is 89.9 cm³/mol. The summed E-state index contributed by atoms with van der Waals surface area (Å²) in [4.78, 5) is 0. The molecule has 1 N–H and O–H groups in total. The van der Waals surface area contributed by atoms with Gasteiger partial charge >= 0.3 is 0 Å². The van der Waals surface area contributed by atoms with Gasteiger partial charge in [-0.3, -0.25) is 0 Å². The molecule has 3 aromatic rings. The summed E-state index contributed by atoms with van der Waals surface area (Å²) >= 11 is 12.2. The molecule has 118 valence electrons. The third-order valence-corrected chi connectivity index (χ3v) is 4.03. The van der Waals surface area contributed by atoms with Gasteiger partial charge in [0.2, 0.25) is 0 Å². The largest absolute Gasteiger partial charge is 0.496 e. The van der Waals surface area contributed by atoms with Gasteiger partial charge in [-0.2, -0.15) is 0 Å². The molecule has 6 heteroatoms. The van der Waals surface area contributed by atoms with Crippen molar-refractivity contribution in [3.8, 4) is 28.3 Å². The zero-order valence-electron chi connectivity index (χ0n) is 12.2.